The number of carbonyl (C=O) groups excluding carboxylic acids is 1. The standard InChI is InChI=1S/C12H14N4O3S/c1-6(16-12(18)19)11(17)15-5-7-4-8-9(20-7)2-3-14-10(8)13/h2-4,6,16H,5H2,1H3,(H2,13,14)(H,15,17)(H,18,19). The molecule has 1 unspecified atom stereocenters. The maximum atomic E-state index is 11.7. The Morgan fingerprint density at radius 3 is 2.95 bits per heavy atom. The van der Waals surface area contributed by atoms with E-state index >= 15 is 0 Å². The number of nitrogens with two attached hydrogens (primary N) is 1. The molecule has 0 aliphatic heterocycles. The minimum atomic E-state index is -1.23. The van der Waals surface area contributed by atoms with Crippen LogP contribution < -0.4 is 16.4 Å². The number of hydrogen-bond acceptors (Lipinski definition) is 5. The van der Waals surface area contributed by atoms with E-state index in [4.69, 9.17) is 10.8 Å². The highest BCUT2D eigenvalue weighted by molar-refractivity contribution is 7.19. The van der Waals surface area contributed by atoms with Gasteiger partial charge < -0.3 is 21.5 Å². The van der Waals surface area contributed by atoms with Crippen molar-refractivity contribution in [3.8, 4) is 0 Å². The average molecular weight is 294 g/mol. The maximum Gasteiger partial charge on any atom is 0.405 e. The zero-order valence-electron chi connectivity index (χ0n) is 10.7. The Morgan fingerprint density at radius 1 is 1.55 bits per heavy atom. The molecule has 2 rings (SSSR count). The van der Waals surface area contributed by atoms with Gasteiger partial charge in [-0.1, -0.05) is 0 Å². The second-order valence-corrected chi connectivity index (χ2v) is 5.38. The normalized spacial score (nSPS) is 12.1. The highest BCUT2D eigenvalue weighted by atomic mass is 32.1. The van der Waals surface area contributed by atoms with E-state index in [2.05, 4.69) is 15.6 Å². The molecule has 2 aromatic heterocycles. The molecule has 0 aromatic carbocycles. The highest BCUT2D eigenvalue weighted by Gasteiger charge is 2.14. The Kier molecular flexibility index (Phi) is 4.04. The van der Waals surface area contributed by atoms with Crippen LogP contribution in [-0.4, -0.2) is 28.1 Å². The third kappa shape index (κ3) is 3.15. The van der Waals surface area contributed by atoms with Crippen LogP contribution in [-0.2, 0) is 11.3 Å². The van der Waals surface area contributed by atoms with Crippen molar-refractivity contribution >= 4 is 39.2 Å². The number of hydrogen-bond donors (Lipinski definition) is 4. The quantitative estimate of drug-likeness (QED) is 0.674. The number of amides is 2. The topological polar surface area (TPSA) is 117 Å². The van der Waals surface area contributed by atoms with E-state index in [1.165, 1.54) is 18.3 Å². The number of fused-ring (bicyclic) bond motifs is 1. The van der Waals surface area contributed by atoms with Crippen LogP contribution in [0.15, 0.2) is 18.3 Å². The largest absolute Gasteiger partial charge is 0.465 e. The van der Waals surface area contributed by atoms with Gasteiger partial charge in [0.25, 0.3) is 0 Å². The first-order chi connectivity index (χ1) is 9.47. The molecular weight excluding hydrogens is 280 g/mol. The first kappa shape index (κ1) is 14.1. The number of pyridine rings is 1. The molecule has 0 radical (unpaired) electrons. The van der Waals surface area contributed by atoms with Gasteiger partial charge >= 0.3 is 6.09 Å². The lowest BCUT2D eigenvalue weighted by Crippen LogP contribution is -2.43. The Bertz CT molecular complexity index is 655. The number of nitrogens with one attached hydrogen (secondary N) is 2. The molecule has 0 aliphatic carbocycles. The van der Waals surface area contributed by atoms with E-state index in [1.807, 2.05) is 12.1 Å². The number of rotatable bonds is 4. The Hall–Kier alpha value is -2.35. The van der Waals surface area contributed by atoms with Gasteiger partial charge in [-0.25, -0.2) is 9.78 Å². The molecule has 1 atom stereocenters. The first-order valence-corrected chi connectivity index (χ1v) is 6.69. The van der Waals surface area contributed by atoms with Gasteiger partial charge in [0.1, 0.15) is 11.9 Å². The number of aromatic nitrogens is 1. The molecule has 0 saturated carbocycles. The van der Waals surface area contributed by atoms with Crippen LogP contribution in [0, 0.1) is 0 Å². The number of anilines is 1. The van der Waals surface area contributed by atoms with Gasteiger partial charge in [0.2, 0.25) is 5.91 Å². The highest BCUT2D eigenvalue weighted by Crippen LogP contribution is 2.28. The second-order valence-electron chi connectivity index (χ2n) is 4.21. The zero-order valence-corrected chi connectivity index (χ0v) is 11.5. The molecule has 0 fully saturated rings. The Balaban J connectivity index is 2.01. The summed E-state index contributed by atoms with van der Waals surface area (Å²) in [5.74, 6) is 0.0770. The van der Waals surface area contributed by atoms with E-state index in [0.29, 0.717) is 12.4 Å². The van der Waals surface area contributed by atoms with Gasteiger partial charge in [-0.2, -0.15) is 0 Å². The predicted molar refractivity (Wildman–Crippen MR) is 76.5 cm³/mol. The summed E-state index contributed by atoms with van der Waals surface area (Å²) in [7, 11) is 0. The van der Waals surface area contributed by atoms with Crippen LogP contribution in [0.3, 0.4) is 0 Å². The van der Waals surface area contributed by atoms with Crippen LogP contribution in [0.2, 0.25) is 0 Å². The maximum absolute atomic E-state index is 11.7. The van der Waals surface area contributed by atoms with Crippen LogP contribution in [0.5, 0.6) is 0 Å². The molecular formula is C12H14N4O3S. The molecule has 0 saturated heterocycles. The first-order valence-electron chi connectivity index (χ1n) is 5.87. The summed E-state index contributed by atoms with van der Waals surface area (Å²) in [5.41, 5.74) is 5.76. The fourth-order valence-corrected chi connectivity index (χ4v) is 2.71. The van der Waals surface area contributed by atoms with Gasteiger partial charge in [-0.3, -0.25) is 4.79 Å². The lowest BCUT2D eigenvalue weighted by molar-refractivity contribution is -0.122. The van der Waals surface area contributed by atoms with Gasteiger partial charge in [0, 0.05) is 21.2 Å². The van der Waals surface area contributed by atoms with Crippen molar-refractivity contribution in [2.75, 3.05) is 5.73 Å². The fourth-order valence-electron chi connectivity index (χ4n) is 1.70. The molecule has 0 bridgehead atoms. The predicted octanol–water partition coefficient (Wildman–Crippen LogP) is 1.15. The molecule has 106 valence electrons. The molecule has 2 aromatic rings. The van der Waals surface area contributed by atoms with Crippen LogP contribution in [0.1, 0.15) is 11.8 Å². The van der Waals surface area contributed by atoms with Crippen molar-refractivity contribution in [2.24, 2.45) is 0 Å². The lowest BCUT2D eigenvalue weighted by atomic mass is 10.3. The number of carboxylic acid groups (broad SMARTS) is 1. The van der Waals surface area contributed by atoms with Crippen LogP contribution in [0.4, 0.5) is 10.6 Å². The number of nitrogen functional groups attached to an aromatic ring is 1. The molecule has 8 heteroatoms. The SMILES string of the molecule is CC(NC(=O)O)C(=O)NCc1cc2c(N)nccc2s1. The lowest BCUT2D eigenvalue weighted by Gasteiger charge is -2.10. The van der Waals surface area contributed by atoms with E-state index in [9.17, 15) is 9.59 Å². The second kappa shape index (κ2) is 5.74. The third-order valence-electron chi connectivity index (χ3n) is 2.70. The van der Waals surface area contributed by atoms with Crippen molar-refractivity contribution in [3.05, 3.63) is 23.2 Å². The minimum Gasteiger partial charge on any atom is -0.465 e. The summed E-state index contributed by atoms with van der Waals surface area (Å²) in [5, 5.41) is 14.2. The molecule has 0 aliphatic rings. The summed E-state index contributed by atoms with van der Waals surface area (Å²) in [6, 6.07) is 2.93. The minimum absolute atomic E-state index is 0.323. The molecule has 0 spiro atoms. The molecule has 2 amide bonds. The zero-order chi connectivity index (χ0) is 14.7. The summed E-state index contributed by atoms with van der Waals surface area (Å²) in [4.78, 5) is 27.0. The fraction of sp³-hybridized carbons (Fsp3) is 0.250. The van der Waals surface area contributed by atoms with E-state index in [0.717, 1.165) is 15.0 Å². The number of carbonyl (C=O) groups is 2. The smallest absolute Gasteiger partial charge is 0.405 e. The molecule has 5 N–H and O–H groups in total. The van der Waals surface area contributed by atoms with Crippen molar-refractivity contribution in [2.45, 2.75) is 19.5 Å². The van der Waals surface area contributed by atoms with E-state index in [-0.39, 0.29) is 5.91 Å². The molecule has 20 heavy (non-hydrogen) atoms. The monoisotopic (exact) mass is 294 g/mol. The van der Waals surface area contributed by atoms with Gasteiger partial charge in [-0.05, 0) is 19.1 Å². The van der Waals surface area contributed by atoms with Crippen LogP contribution >= 0.6 is 11.3 Å². The van der Waals surface area contributed by atoms with Gasteiger partial charge in [0.05, 0.1) is 6.54 Å². The van der Waals surface area contributed by atoms with Crippen molar-refractivity contribution in [1.29, 1.82) is 0 Å². The summed E-state index contributed by atoms with van der Waals surface area (Å²) >= 11 is 1.51. The van der Waals surface area contributed by atoms with Gasteiger partial charge in [-0.15, -0.1) is 11.3 Å². The van der Waals surface area contributed by atoms with Crippen LogP contribution in [0.25, 0.3) is 10.1 Å². The summed E-state index contributed by atoms with van der Waals surface area (Å²) < 4.78 is 0.999. The van der Waals surface area contributed by atoms with Crippen molar-refractivity contribution in [3.63, 3.8) is 0 Å². The van der Waals surface area contributed by atoms with E-state index in [1.54, 1.807) is 6.20 Å². The summed E-state index contributed by atoms with van der Waals surface area (Å²) in [6.45, 7) is 1.81. The van der Waals surface area contributed by atoms with Crippen molar-refractivity contribution in [1.82, 2.24) is 15.6 Å². The van der Waals surface area contributed by atoms with E-state index < -0.39 is 12.1 Å². The Labute approximate surface area is 118 Å². The van der Waals surface area contributed by atoms with Gasteiger partial charge in [0.15, 0.2) is 0 Å². The average Bonchev–Trinajstić information content (AvgIpc) is 2.79. The third-order valence-corrected chi connectivity index (χ3v) is 3.80. The summed E-state index contributed by atoms with van der Waals surface area (Å²) in [6.07, 6.45) is 0.406. The Morgan fingerprint density at radius 2 is 2.30 bits per heavy atom. The number of thiophene rings is 1. The molecule has 7 nitrogen and oxygen atoms in total. The molecule has 2 heterocycles. The number of nitrogens with zero attached hydrogens (tertiary/aromatic N) is 1. The van der Waals surface area contributed by atoms with Crippen molar-refractivity contribution < 1.29 is 14.7 Å².